The quantitative estimate of drug-likeness (QED) is 0.473. The number of carbonyl (C=O) groups excluding carboxylic acids is 1. The highest BCUT2D eigenvalue weighted by Gasteiger charge is 2.36. The van der Waals surface area contributed by atoms with E-state index in [1.54, 1.807) is 7.05 Å². The molecule has 160 valence electrons. The van der Waals surface area contributed by atoms with Gasteiger partial charge in [-0.15, -0.1) is 0 Å². The van der Waals surface area contributed by atoms with Crippen molar-refractivity contribution in [2.24, 2.45) is 12.5 Å². The molecule has 0 bridgehead atoms. The van der Waals surface area contributed by atoms with E-state index in [0.717, 1.165) is 25.7 Å². The van der Waals surface area contributed by atoms with Gasteiger partial charge in [-0.05, 0) is 32.1 Å². The van der Waals surface area contributed by atoms with Gasteiger partial charge in [0.25, 0.3) is 5.56 Å². The fourth-order valence-electron chi connectivity index (χ4n) is 3.68. The lowest BCUT2D eigenvalue weighted by Gasteiger charge is -2.21. The lowest BCUT2D eigenvalue weighted by atomic mass is 9.89. The number of epoxide rings is 1. The maximum Gasteiger partial charge on any atom is 0.332 e. The molecule has 0 aromatic carbocycles. The average molecular weight is 405 g/mol. The third-order valence-corrected chi connectivity index (χ3v) is 6.09. The number of unbranched alkanes of at least 4 members (excludes halogenated alkanes) is 1. The number of rotatable bonds is 9. The number of fused-ring (bicyclic) bond motifs is 1. The van der Waals surface area contributed by atoms with Crippen LogP contribution >= 0.6 is 0 Å². The third kappa shape index (κ3) is 4.08. The molecular weight excluding hydrogens is 372 g/mol. The number of imidazole rings is 1. The Labute approximate surface area is 170 Å². The van der Waals surface area contributed by atoms with Crippen LogP contribution in [0.3, 0.4) is 0 Å². The molecule has 0 aliphatic carbocycles. The monoisotopic (exact) mass is 404 g/mol. The predicted octanol–water partition coefficient (Wildman–Crippen LogP) is 2.71. The van der Waals surface area contributed by atoms with Gasteiger partial charge in [0.2, 0.25) is 5.91 Å². The Morgan fingerprint density at radius 2 is 1.86 bits per heavy atom. The molecule has 1 fully saturated rings. The molecule has 1 saturated heterocycles. The van der Waals surface area contributed by atoms with Crippen molar-refractivity contribution in [1.29, 1.82) is 0 Å². The lowest BCUT2D eigenvalue weighted by molar-refractivity contribution is 0.0744. The molecule has 0 radical (unpaired) electrons. The van der Waals surface area contributed by atoms with Crippen LogP contribution in [-0.2, 0) is 18.3 Å². The van der Waals surface area contributed by atoms with Crippen LogP contribution in [0.1, 0.15) is 71.0 Å². The summed E-state index contributed by atoms with van der Waals surface area (Å²) in [5, 5.41) is 0. The lowest BCUT2D eigenvalue weighted by Crippen LogP contribution is -2.40. The van der Waals surface area contributed by atoms with Crippen LogP contribution in [0, 0.1) is 5.41 Å². The molecule has 8 heteroatoms. The van der Waals surface area contributed by atoms with Gasteiger partial charge in [-0.1, -0.05) is 34.1 Å². The topological polar surface area (TPSA) is 91.4 Å². The van der Waals surface area contributed by atoms with Crippen molar-refractivity contribution in [2.45, 2.75) is 85.0 Å². The van der Waals surface area contributed by atoms with Crippen LogP contribution in [-0.4, -0.2) is 36.8 Å². The van der Waals surface area contributed by atoms with Crippen molar-refractivity contribution in [1.82, 2.24) is 18.7 Å². The molecule has 1 aliphatic heterocycles. The van der Waals surface area contributed by atoms with E-state index in [2.05, 4.69) is 11.9 Å². The van der Waals surface area contributed by atoms with Gasteiger partial charge >= 0.3 is 5.69 Å². The number of hydrogen-bond acceptors (Lipinski definition) is 5. The Morgan fingerprint density at radius 1 is 1.17 bits per heavy atom. The van der Waals surface area contributed by atoms with Gasteiger partial charge in [0, 0.05) is 19.0 Å². The molecule has 0 amide bonds. The van der Waals surface area contributed by atoms with Gasteiger partial charge in [-0.3, -0.25) is 23.3 Å². The minimum atomic E-state index is -0.626. The summed E-state index contributed by atoms with van der Waals surface area (Å²) in [6.07, 6.45) is 7.45. The summed E-state index contributed by atoms with van der Waals surface area (Å²) in [4.78, 5) is 42.9. The number of ether oxygens (including phenoxy) is 1. The second-order valence-electron chi connectivity index (χ2n) is 8.63. The molecule has 2 aromatic heterocycles. The van der Waals surface area contributed by atoms with E-state index in [-0.39, 0.29) is 17.1 Å². The molecular formula is C21H32N4O4. The highest BCUT2D eigenvalue weighted by atomic mass is 16.6. The highest BCUT2D eigenvalue weighted by Crippen LogP contribution is 2.30. The maximum atomic E-state index is 13.1. The van der Waals surface area contributed by atoms with E-state index in [1.807, 2.05) is 20.8 Å². The first-order chi connectivity index (χ1) is 13.7. The minimum Gasteiger partial charge on any atom is -0.370 e. The van der Waals surface area contributed by atoms with Gasteiger partial charge in [0.15, 0.2) is 11.2 Å². The van der Waals surface area contributed by atoms with Crippen molar-refractivity contribution in [3.05, 3.63) is 27.2 Å². The number of carbonyl (C=O) groups is 1. The molecule has 3 heterocycles. The van der Waals surface area contributed by atoms with Gasteiger partial charge in [-0.25, -0.2) is 9.78 Å². The summed E-state index contributed by atoms with van der Waals surface area (Å²) in [5.74, 6) is -0.197. The Kier molecular flexibility index (Phi) is 6.12. The fourth-order valence-corrected chi connectivity index (χ4v) is 3.68. The largest absolute Gasteiger partial charge is 0.370 e. The second-order valence-corrected chi connectivity index (χ2v) is 8.63. The number of aromatic nitrogens is 4. The summed E-state index contributed by atoms with van der Waals surface area (Å²) in [6.45, 7) is 8.08. The SMILES string of the molecule is CCCC1OC1CCCCn1c(=O)c2c(ncn2C(=O)C(C)(C)CC)n(C)c1=O. The van der Waals surface area contributed by atoms with Crippen LogP contribution in [0.2, 0.25) is 0 Å². The molecule has 1 aliphatic rings. The van der Waals surface area contributed by atoms with Crippen LogP contribution in [0.15, 0.2) is 15.9 Å². The molecule has 0 saturated carbocycles. The van der Waals surface area contributed by atoms with Crippen molar-refractivity contribution in [2.75, 3.05) is 0 Å². The number of hydrogen-bond donors (Lipinski definition) is 0. The zero-order valence-corrected chi connectivity index (χ0v) is 18.1. The first-order valence-corrected chi connectivity index (χ1v) is 10.6. The molecule has 2 unspecified atom stereocenters. The zero-order valence-electron chi connectivity index (χ0n) is 18.1. The molecule has 2 aromatic rings. The van der Waals surface area contributed by atoms with Crippen LogP contribution < -0.4 is 11.2 Å². The standard InChI is InChI=1S/C21H32N4O4/c1-6-10-14-15(29-14)11-8-9-12-24-18(26)16-17(23(5)20(24)28)22-13-25(16)19(27)21(3,4)7-2/h13-15H,6-12H2,1-5H3. The summed E-state index contributed by atoms with van der Waals surface area (Å²) in [5.41, 5.74) is -1.06. The summed E-state index contributed by atoms with van der Waals surface area (Å²) in [6, 6.07) is 0. The molecule has 0 N–H and O–H groups in total. The molecule has 2 atom stereocenters. The smallest absolute Gasteiger partial charge is 0.332 e. The second kappa shape index (κ2) is 8.26. The summed E-state index contributed by atoms with van der Waals surface area (Å²) in [7, 11) is 1.58. The van der Waals surface area contributed by atoms with E-state index in [1.165, 1.54) is 20.0 Å². The van der Waals surface area contributed by atoms with Crippen LogP contribution in [0.5, 0.6) is 0 Å². The Bertz CT molecular complexity index is 1010. The minimum absolute atomic E-state index is 0.173. The van der Waals surface area contributed by atoms with E-state index in [0.29, 0.717) is 31.6 Å². The van der Waals surface area contributed by atoms with Gasteiger partial charge in [0.05, 0.1) is 12.2 Å². The van der Waals surface area contributed by atoms with E-state index < -0.39 is 16.7 Å². The molecule has 8 nitrogen and oxygen atoms in total. The van der Waals surface area contributed by atoms with Crippen molar-refractivity contribution in [3.63, 3.8) is 0 Å². The molecule has 3 rings (SSSR count). The predicted molar refractivity (Wildman–Crippen MR) is 111 cm³/mol. The molecule has 29 heavy (non-hydrogen) atoms. The summed E-state index contributed by atoms with van der Waals surface area (Å²) < 4.78 is 9.51. The van der Waals surface area contributed by atoms with Crippen LogP contribution in [0.25, 0.3) is 11.2 Å². The number of aryl methyl sites for hydroxylation is 1. The van der Waals surface area contributed by atoms with Gasteiger partial charge in [-0.2, -0.15) is 0 Å². The Balaban J connectivity index is 1.83. The van der Waals surface area contributed by atoms with Crippen molar-refractivity contribution in [3.8, 4) is 0 Å². The fraction of sp³-hybridized carbons (Fsp3) is 0.714. The third-order valence-electron chi connectivity index (χ3n) is 6.09. The first-order valence-electron chi connectivity index (χ1n) is 10.6. The average Bonchev–Trinajstić information content (AvgIpc) is 3.27. The van der Waals surface area contributed by atoms with Crippen molar-refractivity contribution >= 4 is 17.1 Å². The van der Waals surface area contributed by atoms with Crippen LogP contribution in [0.4, 0.5) is 0 Å². The summed E-state index contributed by atoms with van der Waals surface area (Å²) >= 11 is 0. The van der Waals surface area contributed by atoms with Gasteiger partial charge < -0.3 is 4.74 Å². The Morgan fingerprint density at radius 3 is 2.52 bits per heavy atom. The Hall–Kier alpha value is -2.22. The first kappa shape index (κ1) is 21.5. The normalized spacial score (nSPS) is 19.1. The highest BCUT2D eigenvalue weighted by molar-refractivity contribution is 5.91. The van der Waals surface area contributed by atoms with E-state index in [4.69, 9.17) is 4.74 Å². The zero-order chi connectivity index (χ0) is 21.3. The maximum absolute atomic E-state index is 13.1. The van der Waals surface area contributed by atoms with E-state index in [9.17, 15) is 14.4 Å². The molecule has 0 spiro atoms. The van der Waals surface area contributed by atoms with Gasteiger partial charge in [0.1, 0.15) is 6.33 Å². The number of nitrogens with zero attached hydrogens (tertiary/aromatic N) is 4. The van der Waals surface area contributed by atoms with E-state index >= 15 is 0 Å². The van der Waals surface area contributed by atoms with Crippen molar-refractivity contribution < 1.29 is 9.53 Å².